The fourth-order valence-electron chi connectivity index (χ4n) is 5.41. The second-order valence-electron chi connectivity index (χ2n) is 15.9. The monoisotopic (exact) mass is 848 g/mol. The van der Waals surface area contributed by atoms with E-state index < -0.39 is 38.6 Å². The van der Waals surface area contributed by atoms with Crippen molar-refractivity contribution in [3.05, 3.63) is 85.1 Å². The number of phosphoric ester groups is 1. The maximum absolute atomic E-state index is 12.7. The van der Waals surface area contributed by atoms with Crippen molar-refractivity contribution in [1.29, 1.82) is 0 Å². The minimum Gasteiger partial charge on any atom is -0.756 e. The van der Waals surface area contributed by atoms with Crippen LogP contribution in [0.2, 0.25) is 0 Å². The standard InChI is InChI=1S/C48H82NO9P/c1-6-8-10-12-14-16-18-20-21-22-23-25-27-29-31-33-35-39-47(51)55-43-46(44-57-59(53,54)56-42-41-49(3,4)5)58-48(52)40-36-38-45(50)37-34-32-30-28-26-24-19-17-15-13-11-9-7-2/h14-17,20-21,23-26,30,32,34,37,45-46,50H,6-13,18-19,22,27-29,31,33,35-36,38-44H2,1-5H3/b16-14-,17-15-,21-20-,25-23-,26-24-,32-30-,37-34+/t45-,46+/m0/s1. The molecule has 3 atom stereocenters. The second kappa shape index (κ2) is 39.3. The SMILES string of the molecule is CCCCC/C=C\C/C=C\C/C=C\C=C\[C@H](O)CCCC(=O)O[C@H](COC(=O)CCCCCC/C=C\C/C=C\C/C=C\CCCCC)COP(=O)([O-])OCC[N+](C)(C)C. The average Bonchev–Trinajstić information content (AvgIpc) is 3.18. The number of aliphatic hydroxyl groups is 1. The van der Waals surface area contributed by atoms with E-state index in [-0.39, 0.29) is 26.1 Å². The van der Waals surface area contributed by atoms with Crippen LogP contribution >= 0.6 is 7.82 Å². The summed E-state index contributed by atoms with van der Waals surface area (Å²) >= 11 is 0. The zero-order chi connectivity index (χ0) is 43.7. The Morgan fingerprint density at radius 1 is 0.627 bits per heavy atom. The van der Waals surface area contributed by atoms with Gasteiger partial charge in [-0.2, -0.15) is 0 Å². The molecule has 0 saturated heterocycles. The van der Waals surface area contributed by atoms with Gasteiger partial charge >= 0.3 is 11.9 Å². The molecule has 338 valence electrons. The number of hydrogen-bond acceptors (Lipinski definition) is 9. The molecule has 0 bridgehead atoms. The number of nitrogens with zero attached hydrogens (tertiary/aromatic N) is 1. The van der Waals surface area contributed by atoms with Gasteiger partial charge in [0.25, 0.3) is 7.82 Å². The second-order valence-corrected chi connectivity index (χ2v) is 17.3. The molecule has 0 spiro atoms. The summed E-state index contributed by atoms with van der Waals surface area (Å²) in [6, 6.07) is 0. The summed E-state index contributed by atoms with van der Waals surface area (Å²) in [6.07, 6.45) is 46.4. The number of carbonyl (C=O) groups excluding carboxylic acids is 2. The van der Waals surface area contributed by atoms with Gasteiger partial charge in [0.2, 0.25) is 0 Å². The van der Waals surface area contributed by atoms with E-state index in [0.717, 1.165) is 57.8 Å². The number of hydrogen-bond donors (Lipinski definition) is 1. The number of rotatable bonds is 39. The molecule has 0 rings (SSSR count). The molecule has 0 heterocycles. The average molecular weight is 848 g/mol. The molecule has 0 aliphatic carbocycles. The topological polar surface area (TPSA) is 131 Å². The lowest BCUT2D eigenvalue weighted by Gasteiger charge is -2.28. The van der Waals surface area contributed by atoms with Crippen LogP contribution in [-0.4, -0.2) is 81.2 Å². The van der Waals surface area contributed by atoms with Crippen LogP contribution in [0.3, 0.4) is 0 Å². The Bertz CT molecular complexity index is 1300. The smallest absolute Gasteiger partial charge is 0.306 e. The largest absolute Gasteiger partial charge is 0.756 e. The highest BCUT2D eigenvalue weighted by molar-refractivity contribution is 7.45. The lowest BCUT2D eigenvalue weighted by Crippen LogP contribution is -2.37. The van der Waals surface area contributed by atoms with Gasteiger partial charge in [-0.05, 0) is 83.5 Å². The van der Waals surface area contributed by atoms with Gasteiger partial charge in [-0.1, -0.05) is 137 Å². The molecule has 1 N–H and O–H groups in total. The number of likely N-dealkylation sites (N-methyl/N-ethyl adjacent to an activating group) is 1. The highest BCUT2D eigenvalue weighted by Gasteiger charge is 2.22. The van der Waals surface area contributed by atoms with Crippen LogP contribution in [0.15, 0.2) is 85.1 Å². The van der Waals surface area contributed by atoms with Crippen molar-refractivity contribution >= 4 is 19.8 Å². The molecule has 0 aromatic carbocycles. The Balaban J connectivity index is 4.61. The van der Waals surface area contributed by atoms with Gasteiger partial charge in [0.05, 0.1) is 33.9 Å². The van der Waals surface area contributed by atoms with E-state index >= 15 is 0 Å². The van der Waals surface area contributed by atoms with E-state index in [4.69, 9.17) is 18.5 Å². The van der Waals surface area contributed by atoms with Crippen molar-refractivity contribution in [3.8, 4) is 0 Å². The van der Waals surface area contributed by atoms with E-state index in [9.17, 15) is 24.2 Å². The number of ether oxygens (including phenoxy) is 2. The summed E-state index contributed by atoms with van der Waals surface area (Å²) in [4.78, 5) is 37.6. The quantitative estimate of drug-likeness (QED) is 0.0160. The van der Waals surface area contributed by atoms with Gasteiger partial charge in [0.1, 0.15) is 19.8 Å². The zero-order valence-corrected chi connectivity index (χ0v) is 38.4. The first-order chi connectivity index (χ1) is 28.4. The fourth-order valence-corrected chi connectivity index (χ4v) is 6.14. The van der Waals surface area contributed by atoms with Crippen molar-refractivity contribution in [2.75, 3.05) is 47.5 Å². The molecule has 0 aliphatic rings. The molecule has 0 amide bonds. The fraction of sp³-hybridized carbons (Fsp3) is 0.667. The summed E-state index contributed by atoms with van der Waals surface area (Å²) < 4.78 is 33.7. The summed E-state index contributed by atoms with van der Waals surface area (Å²) in [5.74, 6) is -1.07. The molecule has 0 radical (unpaired) electrons. The normalized spacial score (nSPS) is 14.9. The van der Waals surface area contributed by atoms with Crippen LogP contribution in [-0.2, 0) is 32.7 Å². The molecule has 1 unspecified atom stereocenters. The first-order valence-corrected chi connectivity index (χ1v) is 23.9. The molecule has 0 aromatic heterocycles. The summed E-state index contributed by atoms with van der Waals surface area (Å²) in [5, 5.41) is 10.3. The van der Waals surface area contributed by atoms with Gasteiger partial charge in [-0.15, -0.1) is 0 Å². The van der Waals surface area contributed by atoms with E-state index in [1.807, 2.05) is 33.3 Å². The third-order valence-electron chi connectivity index (χ3n) is 8.99. The summed E-state index contributed by atoms with van der Waals surface area (Å²) in [7, 11) is 1.02. The highest BCUT2D eigenvalue weighted by atomic mass is 31.2. The van der Waals surface area contributed by atoms with E-state index in [1.165, 1.54) is 44.9 Å². The van der Waals surface area contributed by atoms with E-state index in [1.54, 1.807) is 12.2 Å². The van der Waals surface area contributed by atoms with Crippen LogP contribution in [0.25, 0.3) is 0 Å². The molecule has 59 heavy (non-hydrogen) atoms. The van der Waals surface area contributed by atoms with E-state index in [0.29, 0.717) is 30.3 Å². The Morgan fingerprint density at radius 2 is 1.14 bits per heavy atom. The third kappa shape index (κ3) is 43.1. The minimum atomic E-state index is -4.69. The zero-order valence-electron chi connectivity index (χ0n) is 37.5. The van der Waals surface area contributed by atoms with Crippen molar-refractivity contribution < 1.29 is 47.2 Å². The van der Waals surface area contributed by atoms with Gasteiger partial charge in [0, 0.05) is 12.8 Å². The predicted octanol–water partition coefficient (Wildman–Crippen LogP) is 11.1. The van der Waals surface area contributed by atoms with Crippen LogP contribution in [0.4, 0.5) is 0 Å². The Morgan fingerprint density at radius 3 is 1.69 bits per heavy atom. The van der Waals surface area contributed by atoms with Crippen molar-refractivity contribution in [2.24, 2.45) is 0 Å². The first kappa shape index (κ1) is 56.1. The Hall–Kier alpha value is -2.85. The predicted molar refractivity (Wildman–Crippen MR) is 242 cm³/mol. The number of aliphatic hydroxyl groups excluding tert-OH is 1. The lowest BCUT2D eigenvalue weighted by molar-refractivity contribution is -0.870. The minimum absolute atomic E-state index is 0.0131. The van der Waals surface area contributed by atoms with Gasteiger partial charge in [-0.3, -0.25) is 14.2 Å². The number of allylic oxidation sites excluding steroid dienone is 13. The van der Waals surface area contributed by atoms with Crippen LogP contribution in [0, 0.1) is 0 Å². The van der Waals surface area contributed by atoms with Gasteiger partial charge in [0.15, 0.2) is 6.10 Å². The maximum Gasteiger partial charge on any atom is 0.306 e. The molecule has 0 aliphatic heterocycles. The number of phosphoric acid groups is 1. The van der Waals surface area contributed by atoms with Crippen molar-refractivity contribution in [2.45, 2.75) is 161 Å². The van der Waals surface area contributed by atoms with Crippen molar-refractivity contribution in [1.82, 2.24) is 0 Å². The van der Waals surface area contributed by atoms with Crippen LogP contribution in [0.1, 0.15) is 149 Å². The Kier molecular flexibility index (Phi) is 37.4. The van der Waals surface area contributed by atoms with Crippen LogP contribution in [0.5, 0.6) is 0 Å². The summed E-state index contributed by atoms with van der Waals surface area (Å²) in [5.41, 5.74) is 0. The third-order valence-corrected chi connectivity index (χ3v) is 9.96. The van der Waals surface area contributed by atoms with E-state index in [2.05, 4.69) is 74.6 Å². The molecular weight excluding hydrogens is 766 g/mol. The molecule has 11 heteroatoms. The first-order valence-electron chi connectivity index (χ1n) is 22.4. The molecule has 0 saturated carbocycles. The lowest BCUT2D eigenvalue weighted by atomic mass is 10.1. The summed E-state index contributed by atoms with van der Waals surface area (Å²) in [6.45, 7) is 3.89. The number of unbranched alkanes of at least 4 members (excludes halogenated alkanes) is 10. The number of esters is 2. The molecule has 0 aromatic rings. The van der Waals surface area contributed by atoms with Crippen LogP contribution < -0.4 is 4.89 Å². The molecule has 10 nitrogen and oxygen atoms in total. The van der Waals surface area contributed by atoms with Crippen molar-refractivity contribution in [3.63, 3.8) is 0 Å². The highest BCUT2D eigenvalue weighted by Crippen LogP contribution is 2.38. The van der Waals surface area contributed by atoms with Gasteiger partial charge in [-0.25, -0.2) is 0 Å². The van der Waals surface area contributed by atoms with Gasteiger partial charge < -0.3 is 33.0 Å². The number of carbonyl (C=O) groups is 2. The molecule has 0 fully saturated rings. The Labute approximate surface area is 359 Å². The molecular formula is C48H82NO9P. The maximum atomic E-state index is 12.7. The number of quaternary nitrogens is 1.